The quantitative estimate of drug-likeness (QED) is 0.789. The fraction of sp³-hybridized carbons (Fsp3) is 0.500. The molecule has 1 saturated carbocycles. The Hall–Kier alpha value is -0.860. The molecule has 2 N–H and O–H groups in total. The van der Waals surface area contributed by atoms with Crippen molar-refractivity contribution in [2.75, 3.05) is 6.61 Å². The molecule has 1 aromatic carbocycles. The molecule has 0 bridgehead atoms. The van der Waals surface area contributed by atoms with Crippen LogP contribution in [0.25, 0.3) is 0 Å². The van der Waals surface area contributed by atoms with Gasteiger partial charge in [-0.05, 0) is 24.3 Å². The summed E-state index contributed by atoms with van der Waals surface area (Å²) >= 11 is 0. The Morgan fingerprint density at radius 3 is 2.57 bits per heavy atom. The molecule has 0 saturated heterocycles. The Morgan fingerprint density at radius 2 is 1.93 bits per heavy atom. The molecule has 0 aromatic heterocycles. The third-order valence-electron chi connectivity index (χ3n) is 2.74. The van der Waals surface area contributed by atoms with Crippen molar-refractivity contribution in [3.8, 4) is 0 Å². The molecule has 0 amide bonds. The van der Waals surface area contributed by atoms with Crippen molar-refractivity contribution in [1.29, 1.82) is 0 Å². The zero-order valence-electron chi connectivity index (χ0n) is 8.36. The van der Waals surface area contributed by atoms with Gasteiger partial charge in [0.05, 0.1) is 6.61 Å². The molecule has 2 rings (SSSR count). The predicted molar refractivity (Wildman–Crippen MR) is 56.8 cm³/mol. The van der Waals surface area contributed by atoms with Crippen LogP contribution in [0.4, 0.5) is 0 Å². The second kappa shape index (κ2) is 4.58. The highest BCUT2D eigenvalue weighted by atomic mass is 16.5. The Labute approximate surface area is 85.1 Å². The SMILES string of the molecule is N[C@H]1C[C@H](COCc2ccccc2)C1. The van der Waals surface area contributed by atoms with Crippen LogP contribution in [-0.2, 0) is 11.3 Å². The Balaban J connectivity index is 1.64. The van der Waals surface area contributed by atoms with Gasteiger partial charge in [-0.3, -0.25) is 0 Å². The number of benzene rings is 1. The lowest BCUT2D eigenvalue weighted by molar-refractivity contribution is 0.0519. The van der Waals surface area contributed by atoms with Crippen LogP contribution in [0.2, 0.25) is 0 Å². The minimum Gasteiger partial charge on any atom is -0.376 e. The lowest BCUT2D eigenvalue weighted by atomic mass is 9.82. The fourth-order valence-corrected chi connectivity index (χ4v) is 1.84. The van der Waals surface area contributed by atoms with Gasteiger partial charge in [-0.2, -0.15) is 0 Å². The van der Waals surface area contributed by atoms with Crippen LogP contribution in [0.5, 0.6) is 0 Å². The largest absolute Gasteiger partial charge is 0.376 e. The summed E-state index contributed by atoms with van der Waals surface area (Å²) in [5, 5.41) is 0. The third kappa shape index (κ3) is 2.56. The van der Waals surface area contributed by atoms with Crippen molar-refractivity contribution in [1.82, 2.24) is 0 Å². The van der Waals surface area contributed by atoms with Gasteiger partial charge in [-0.15, -0.1) is 0 Å². The van der Waals surface area contributed by atoms with Gasteiger partial charge in [0.2, 0.25) is 0 Å². The second-order valence-electron chi connectivity index (χ2n) is 4.10. The minimum atomic E-state index is 0.431. The third-order valence-corrected chi connectivity index (χ3v) is 2.74. The summed E-state index contributed by atoms with van der Waals surface area (Å²) in [7, 11) is 0. The number of rotatable bonds is 4. The van der Waals surface area contributed by atoms with Gasteiger partial charge in [0, 0.05) is 12.6 Å². The van der Waals surface area contributed by atoms with Crippen molar-refractivity contribution >= 4 is 0 Å². The molecule has 1 aromatic rings. The van der Waals surface area contributed by atoms with Crippen molar-refractivity contribution < 1.29 is 4.74 Å². The van der Waals surface area contributed by atoms with E-state index < -0.39 is 0 Å². The molecular formula is C12H17NO. The summed E-state index contributed by atoms with van der Waals surface area (Å²) in [6.07, 6.45) is 2.27. The first-order chi connectivity index (χ1) is 6.84. The van der Waals surface area contributed by atoms with E-state index in [1.54, 1.807) is 0 Å². The van der Waals surface area contributed by atoms with Crippen LogP contribution in [0.15, 0.2) is 30.3 Å². The summed E-state index contributed by atoms with van der Waals surface area (Å²) < 4.78 is 5.62. The van der Waals surface area contributed by atoms with Crippen molar-refractivity contribution in [2.45, 2.75) is 25.5 Å². The maximum atomic E-state index is 5.70. The predicted octanol–water partition coefficient (Wildman–Crippen LogP) is 1.94. The van der Waals surface area contributed by atoms with Crippen LogP contribution in [0.3, 0.4) is 0 Å². The van der Waals surface area contributed by atoms with Gasteiger partial charge in [-0.25, -0.2) is 0 Å². The Morgan fingerprint density at radius 1 is 1.21 bits per heavy atom. The van der Waals surface area contributed by atoms with Gasteiger partial charge in [0.25, 0.3) is 0 Å². The Bertz CT molecular complexity index is 267. The highest BCUT2D eigenvalue weighted by molar-refractivity contribution is 5.13. The maximum Gasteiger partial charge on any atom is 0.0717 e. The molecule has 0 aliphatic heterocycles. The standard InChI is InChI=1S/C12H17NO/c13-12-6-11(7-12)9-14-8-10-4-2-1-3-5-10/h1-5,11-12H,6-9,13H2/t11-,12-. The molecule has 0 heterocycles. The molecular weight excluding hydrogens is 174 g/mol. The van der Waals surface area contributed by atoms with E-state index in [9.17, 15) is 0 Å². The van der Waals surface area contributed by atoms with Crippen molar-refractivity contribution in [3.05, 3.63) is 35.9 Å². The zero-order chi connectivity index (χ0) is 9.80. The average molecular weight is 191 g/mol. The molecule has 1 aliphatic carbocycles. The molecule has 14 heavy (non-hydrogen) atoms. The highest BCUT2D eigenvalue weighted by Crippen LogP contribution is 2.25. The molecule has 0 unspecified atom stereocenters. The monoisotopic (exact) mass is 191 g/mol. The molecule has 2 heteroatoms. The summed E-state index contributed by atoms with van der Waals surface area (Å²) in [6.45, 7) is 1.59. The van der Waals surface area contributed by atoms with E-state index in [-0.39, 0.29) is 0 Å². The normalized spacial score (nSPS) is 25.8. The van der Waals surface area contributed by atoms with Crippen molar-refractivity contribution in [2.24, 2.45) is 11.7 Å². The average Bonchev–Trinajstić information content (AvgIpc) is 2.17. The summed E-state index contributed by atoms with van der Waals surface area (Å²) in [5.74, 6) is 0.703. The van der Waals surface area contributed by atoms with Gasteiger partial charge >= 0.3 is 0 Å². The van der Waals surface area contributed by atoms with Crippen molar-refractivity contribution in [3.63, 3.8) is 0 Å². The van der Waals surface area contributed by atoms with Crippen LogP contribution in [0.1, 0.15) is 18.4 Å². The minimum absolute atomic E-state index is 0.431. The highest BCUT2D eigenvalue weighted by Gasteiger charge is 2.25. The lowest BCUT2D eigenvalue weighted by Crippen LogP contribution is -2.38. The first-order valence-electron chi connectivity index (χ1n) is 5.22. The molecule has 0 atom stereocenters. The van der Waals surface area contributed by atoms with E-state index in [1.165, 1.54) is 5.56 Å². The summed E-state index contributed by atoms with van der Waals surface area (Å²) in [5.41, 5.74) is 6.94. The molecule has 0 radical (unpaired) electrons. The van der Waals surface area contributed by atoms with E-state index in [0.717, 1.165) is 26.1 Å². The fourth-order valence-electron chi connectivity index (χ4n) is 1.84. The van der Waals surface area contributed by atoms with Crippen LogP contribution in [-0.4, -0.2) is 12.6 Å². The summed E-state index contributed by atoms with van der Waals surface area (Å²) in [4.78, 5) is 0. The van der Waals surface area contributed by atoms with Crippen LogP contribution >= 0.6 is 0 Å². The number of hydrogen-bond donors (Lipinski definition) is 1. The first kappa shape index (κ1) is 9.69. The smallest absolute Gasteiger partial charge is 0.0717 e. The lowest BCUT2D eigenvalue weighted by Gasteiger charge is -2.31. The van der Waals surface area contributed by atoms with E-state index in [4.69, 9.17) is 10.5 Å². The molecule has 0 spiro atoms. The zero-order valence-corrected chi connectivity index (χ0v) is 8.36. The topological polar surface area (TPSA) is 35.2 Å². The molecule has 2 nitrogen and oxygen atoms in total. The first-order valence-corrected chi connectivity index (χ1v) is 5.22. The van der Waals surface area contributed by atoms with Gasteiger partial charge in [-0.1, -0.05) is 30.3 Å². The molecule has 76 valence electrons. The van der Waals surface area contributed by atoms with Crippen LogP contribution in [0, 0.1) is 5.92 Å². The van der Waals surface area contributed by atoms with Gasteiger partial charge in [0.1, 0.15) is 0 Å². The molecule has 1 aliphatic rings. The van der Waals surface area contributed by atoms with E-state index in [2.05, 4.69) is 12.1 Å². The van der Waals surface area contributed by atoms with E-state index in [1.807, 2.05) is 18.2 Å². The van der Waals surface area contributed by atoms with Crippen LogP contribution < -0.4 is 5.73 Å². The maximum absolute atomic E-state index is 5.70. The number of nitrogens with two attached hydrogens (primary N) is 1. The second-order valence-corrected chi connectivity index (χ2v) is 4.10. The Kier molecular flexibility index (Phi) is 3.17. The van der Waals surface area contributed by atoms with E-state index in [0.29, 0.717) is 12.0 Å². The van der Waals surface area contributed by atoms with Gasteiger partial charge < -0.3 is 10.5 Å². The molecule has 1 fully saturated rings. The summed E-state index contributed by atoms with van der Waals surface area (Å²) in [6, 6.07) is 10.7. The number of hydrogen-bond acceptors (Lipinski definition) is 2. The number of ether oxygens (including phenoxy) is 1. The van der Waals surface area contributed by atoms with Gasteiger partial charge in [0.15, 0.2) is 0 Å². The van der Waals surface area contributed by atoms with E-state index >= 15 is 0 Å².